The van der Waals surface area contributed by atoms with Gasteiger partial charge in [-0.3, -0.25) is 4.79 Å². The molecule has 1 aromatic rings. The maximum atomic E-state index is 11.8. The average molecular weight is 271 g/mol. The molecule has 1 unspecified atom stereocenters. The summed E-state index contributed by atoms with van der Waals surface area (Å²) >= 11 is 1.40. The molecule has 5 nitrogen and oxygen atoms in total. The summed E-state index contributed by atoms with van der Waals surface area (Å²) in [6.45, 7) is 3.84. The molecule has 18 heavy (non-hydrogen) atoms. The summed E-state index contributed by atoms with van der Waals surface area (Å²) in [5.41, 5.74) is 1.14. The zero-order valence-electron chi connectivity index (χ0n) is 10.6. The number of rotatable bonds is 5. The quantitative estimate of drug-likeness (QED) is 0.780. The van der Waals surface area contributed by atoms with E-state index in [2.05, 4.69) is 10.1 Å². The largest absolute Gasteiger partial charge is 0.467 e. The standard InChI is InChI=1S/C12H17NO4S/c1-4-8-5-10(18-7(8)2)11(15)13-6-9(14)12(16)17-3/h5,9,14H,4,6H2,1-3H3,(H,13,15). The van der Waals surface area contributed by atoms with Crippen LogP contribution in [0, 0.1) is 6.92 Å². The lowest BCUT2D eigenvalue weighted by molar-refractivity contribution is -0.149. The van der Waals surface area contributed by atoms with Gasteiger partial charge >= 0.3 is 5.97 Å². The van der Waals surface area contributed by atoms with Crippen LogP contribution in [0.25, 0.3) is 0 Å². The number of carbonyl (C=O) groups excluding carboxylic acids is 2. The molecule has 100 valence electrons. The van der Waals surface area contributed by atoms with E-state index in [4.69, 9.17) is 0 Å². The molecule has 0 bridgehead atoms. The Kier molecular flexibility index (Phi) is 5.30. The smallest absolute Gasteiger partial charge is 0.336 e. The van der Waals surface area contributed by atoms with Gasteiger partial charge in [0.15, 0.2) is 6.10 Å². The van der Waals surface area contributed by atoms with Crippen LogP contribution in [-0.4, -0.2) is 36.7 Å². The maximum absolute atomic E-state index is 11.8. The van der Waals surface area contributed by atoms with Crippen molar-refractivity contribution in [1.29, 1.82) is 0 Å². The zero-order valence-corrected chi connectivity index (χ0v) is 11.5. The number of nitrogens with one attached hydrogen (secondary N) is 1. The van der Waals surface area contributed by atoms with Crippen LogP contribution in [0.4, 0.5) is 0 Å². The van der Waals surface area contributed by atoms with E-state index >= 15 is 0 Å². The Hall–Kier alpha value is -1.40. The first-order valence-electron chi connectivity index (χ1n) is 5.63. The zero-order chi connectivity index (χ0) is 13.7. The first-order chi connectivity index (χ1) is 8.49. The number of ether oxygens (including phenoxy) is 1. The normalized spacial score (nSPS) is 12.0. The number of hydrogen-bond acceptors (Lipinski definition) is 5. The van der Waals surface area contributed by atoms with Crippen molar-refractivity contribution >= 4 is 23.2 Å². The van der Waals surface area contributed by atoms with Crippen LogP contribution < -0.4 is 5.32 Å². The molecular weight excluding hydrogens is 254 g/mol. The molecule has 0 aliphatic rings. The highest BCUT2D eigenvalue weighted by molar-refractivity contribution is 7.14. The van der Waals surface area contributed by atoms with Crippen molar-refractivity contribution in [2.75, 3.05) is 13.7 Å². The molecule has 0 aromatic carbocycles. The Balaban J connectivity index is 2.57. The predicted molar refractivity (Wildman–Crippen MR) is 68.8 cm³/mol. The van der Waals surface area contributed by atoms with Crippen molar-refractivity contribution in [1.82, 2.24) is 5.32 Å². The van der Waals surface area contributed by atoms with Gasteiger partial charge in [0, 0.05) is 4.88 Å². The van der Waals surface area contributed by atoms with Gasteiger partial charge in [-0.25, -0.2) is 4.79 Å². The van der Waals surface area contributed by atoms with Crippen LogP contribution in [0.5, 0.6) is 0 Å². The molecule has 0 fully saturated rings. The number of hydrogen-bond donors (Lipinski definition) is 2. The Labute approximate surface area is 110 Å². The summed E-state index contributed by atoms with van der Waals surface area (Å²) in [5.74, 6) is -1.04. The van der Waals surface area contributed by atoms with Crippen LogP contribution in [0.15, 0.2) is 6.07 Å². The monoisotopic (exact) mass is 271 g/mol. The van der Waals surface area contributed by atoms with Crippen molar-refractivity contribution in [3.05, 3.63) is 21.4 Å². The Morgan fingerprint density at radius 2 is 2.22 bits per heavy atom. The van der Waals surface area contributed by atoms with E-state index in [0.717, 1.165) is 16.9 Å². The van der Waals surface area contributed by atoms with E-state index in [1.807, 2.05) is 19.9 Å². The average Bonchev–Trinajstić information content (AvgIpc) is 2.75. The molecule has 2 N–H and O–H groups in total. The van der Waals surface area contributed by atoms with Crippen LogP contribution >= 0.6 is 11.3 Å². The molecule has 1 atom stereocenters. The second-order valence-electron chi connectivity index (χ2n) is 3.79. The second kappa shape index (κ2) is 6.51. The van der Waals surface area contributed by atoms with Gasteiger partial charge in [-0.05, 0) is 25.0 Å². The number of aliphatic hydroxyl groups excluding tert-OH is 1. The lowest BCUT2D eigenvalue weighted by Gasteiger charge is -2.08. The topological polar surface area (TPSA) is 75.6 Å². The third-order valence-corrected chi connectivity index (χ3v) is 3.65. The van der Waals surface area contributed by atoms with Crippen LogP contribution in [0.2, 0.25) is 0 Å². The summed E-state index contributed by atoms with van der Waals surface area (Å²) in [5, 5.41) is 11.8. The Morgan fingerprint density at radius 3 is 2.72 bits per heavy atom. The van der Waals surface area contributed by atoms with E-state index in [0.29, 0.717) is 4.88 Å². The number of aliphatic hydroxyl groups is 1. The third kappa shape index (κ3) is 3.54. The fourth-order valence-corrected chi connectivity index (χ4v) is 2.51. The first kappa shape index (κ1) is 14.7. The number of aryl methyl sites for hydroxylation is 2. The van der Waals surface area contributed by atoms with E-state index in [1.54, 1.807) is 0 Å². The number of esters is 1. The van der Waals surface area contributed by atoms with Gasteiger partial charge in [0.2, 0.25) is 0 Å². The lowest BCUT2D eigenvalue weighted by atomic mass is 10.2. The molecule has 0 aliphatic carbocycles. The minimum Gasteiger partial charge on any atom is -0.467 e. The van der Waals surface area contributed by atoms with Gasteiger partial charge in [-0.1, -0.05) is 6.92 Å². The maximum Gasteiger partial charge on any atom is 0.336 e. The lowest BCUT2D eigenvalue weighted by Crippen LogP contribution is -2.36. The molecule has 1 amide bonds. The van der Waals surface area contributed by atoms with Gasteiger partial charge in [0.1, 0.15) is 0 Å². The highest BCUT2D eigenvalue weighted by atomic mass is 32.1. The SMILES string of the molecule is CCc1cc(C(=O)NCC(O)C(=O)OC)sc1C. The number of thiophene rings is 1. The fraction of sp³-hybridized carbons (Fsp3) is 0.500. The van der Waals surface area contributed by atoms with Gasteiger partial charge in [-0.15, -0.1) is 11.3 Å². The number of amides is 1. The summed E-state index contributed by atoms with van der Waals surface area (Å²) < 4.78 is 4.35. The van der Waals surface area contributed by atoms with Gasteiger partial charge in [0.05, 0.1) is 18.5 Å². The molecular formula is C12H17NO4S. The van der Waals surface area contributed by atoms with Crippen molar-refractivity contribution in [3.8, 4) is 0 Å². The second-order valence-corrected chi connectivity index (χ2v) is 5.05. The van der Waals surface area contributed by atoms with Crippen molar-refractivity contribution < 1.29 is 19.4 Å². The summed E-state index contributed by atoms with van der Waals surface area (Å²) in [6.07, 6.45) is -0.453. The van der Waals surface area contributed by atoms with Crippen molar-refractivity contribution in [3.63, 3.8) is 0 Å². The Morgan fingerprint density at radius 1 is 1.56 bits per heavy atom. The number of methoxy groups -OCH3 is 1. The summed E-state index contributed by atoms with van der Waals surface area (Å²) in [4.78, 5) is 24.4. The van der Waals surface area contributed by atoms with Crippen LogP contribution in [0.1, 0.15) is 27.0 Å². The summed E-state index contributed by atoms with van der Waals surface area (Å²) in [7, 11) is 1.18. The van der Waals surface area contributed by atoms with Crippen LogP contribution in [-0.2, 0) is 16.0 Å². The van der Waals surface area contributed by atoms with Crippen LogP contribution in [0.3, 0.4) is 0 Å². The minimum absolute atomic E-state index is 0.149. The molecule has 0 aliphatic heterocycles. The van der Waals surface area contributed by atoms with E-state index in [-0.39, 0.29) is 12.5 Å². The highest BCUT2D eigenvalue weighted by Gasteiger charge is 2.18. The van der Waals surface area contributed by atoms with Crippen molar-refractivity contribution in [2.45, 2.75) is 26.4 Å². The molecule has 1 rings (SSSR count). The molecule has 0 radical (unpaired) electrons. The molecule has 1 aromatic heterocycles. The highest BCUT2D eigenvalue weighted by Crippen LogP contribution is 2.21. The predicted octanol–water partition coefficient (Wildman–Crippen LogP) is 0.883. The molecule has 6 heteroatoms. The van der Waals surface area contributed by atoms with E-state index < -0.39 is 12.1 Å². The molecule has 1 heterocycles. The third-order valence-electron chi connectivity index (χ3n) is 2.55. The molecule has 0 saturated heterocycles. The minimum atomic E-state index is -1.33. The molecule has 0 saturated carbocycles. The van der Waals surface area contributed by atoms with Gasteiger partial charge in [-0.2, -0.15) is 0 Å². The van der Waals surface area contributed by atoms with E-state index in [9.17, 15) is 14.7 Å². The Bertz CT molecular complexity index is 441. The number of carbonyl (C=O) groups is 2. The van der Waals surface area contributed by atoms with Gasteiger partial charge < -0.3 is 15.2 Å². The summed E-state index contributed by atoms with van der Waals surface area (Å²) in [6, 6.07) is 1.83. The van der Waals surface area contributed by atoms with Crippen molar-refractivity contribution in [2.24, 2.45) is 0 Å². The van der Waals surface area contributed by atoms with E-state index in [1.165, 1.54) is 18.4 Å². The van der Waals surface area contributed by atoms with Gasteiger partial charge in [0.25, 0.3) is 5.91 Å². The molecule has 0 spiro atoms. The first-order valence-corrected chi connectivity index (χ1v) is 6.44. The fourth-order valence-electron chi connectivity index (χ4n) is 1.48.